The summed E-state index contributed by atoms with van der Waals surface area (Å²) < 4.78 is 33.6. The van der Waals surface area contributed by atoms with Gasteiger partial charge in [-0.3, -0.25) is 9.59 Å². The number of unbranched alkanes of at least 4 members (excludes halogenated alkanes) is 17. The van der Waals surface area contributed by atoms with Crippen LogP contribution in [0.2, 0.25) is 0 Å². The zero-order chi connectivity index (χ0) is 51.0. The van der Waals surface area contributed by atoms with Crippen molar-refractivity contribution in [1.29, 1.82) is 0 Å². The summed E-state index contributed by atoms with van der Waals surface area (Å²) in [6, 6.07) is 0. The molecule has 2 rings (SSSR count). The van der Waals surface area contributed by atoms with Crippen molar-refractivity contribution in [2.45, 2.75) is 248 Å². The highest BCUT2D eigenvalue weighted by Crippen LogP contribution is 2.26. The molecule has 0 amide bonds. The molecule has 2 saturated heterocycles. The average Bonchev–Trinajstić information content (AvgIpc) is 3.35. The van der Waals surface area contributed by atoms with Gasteiger partial charge in [-0.05, 0) is 77.0 Å². The number of rotatable bonds is 41. The summed E-state index contributed by atoms with van der Waals surface area (Å²) in [6.07, 6.45) is 31.0. The van der Waals surface area contributed by atoms with Crippen LogP contribution in [0.4, 0.5) is 0 Å². The van der Waals surface area contributed by atoms with Gasteiger partial charge in [-0.15, -0.1) is 0 Å². The minimum atomic E-state index is -1.77. The quantitative estimate of drug-likeness (QED) is 0.0175. The predicted molar refractivity (Wildman–Crippen MR) is 270 cm³/mol. The highest BCUT2D eigenvalue weighted by molar-refractivity contribution is 5.70. The predicted octanol–water partition coefficient (Wildman–Crippen LogP) is 8.05. The van der Waals surface area contributed by atoms with Crippen LogP contribution in [0.15, 0.2) is 60.8 Å². The number of esters is 2. The minimum absolute atomic E-state index is 0.125. The van der Waals surface area contributed by atoms with Crippen molar-refractivity contribution < 1.29 is 73.8 Å². The number of carbonyl (C=O) groups excluding carboxylic acids is 2. The fraction of sp³-hybridized carbons (Fsp3) is 0.782. The first kappa shape index (κ1) is 63.3. The van der Waals surface area contributed by atoms with Gasteiger partial charge in [0.05, 0.1) is 19.8 Å². The molecule has 15 heteroatoms. The molecule has 4 unspecified atom stereocenters. The van der Waals surface area contributed by atoms with E-state index in [2.05, 4.69) is 74.6 Å². The average molecular weight is 995 g/mol. The maximum Gasteiger partial charge on any atom is 0.306 e. The number of aliphatic hydroxyl groups excluding tert-OH is 7. The molecule has 0 aromatic carbocycles. The van der Waals surface area contributed by atoms with Crippen LogP contribution in [0.1, 0.15) is 181 Å². The van der Waals surface area contributed by atoms with Gasteiger partial charge >= 0.3 is 11.9 Å². The Morgan fingerprint density at radius 2 is 0.886 bits per heavy atom. The molecule has 2 aliphatic rings. The standard InChI is InChI=1S/C55H94O15/c1-3-5-7-9-11-13-15-17-19-21-23-25-27-29-31-33-35-37-46(57)65-40-43(68-47(58)38-36-34-32-30-28-26-24-22-20-18-16-14-12-10-8-6-4-2)41-66-54-53(64)51(62)49(60)45(70-54)42-67-55-52(63)50(61)48(59)44(39-56)69-55/h8,10,13-16,20,22,26,28,43-45,48-56,59-64H,3-7,9,11-12,17-19,21,23-25,27,29-42H2,1-2H3/b10-8+,15-13+,16-14+,22-20+,28-26+/t43-,44+,45+,48-,49-,50?,51?,52?,53?,54+,55+/m0/s1. The van der Waals surface area contributed by atoms with Crippen molar-refractivity contribution >= 4 is 11.9 Å². The van der Waals surface area contributed by atoms with Crippen molar-refractivity contribution in [3.05, 3.63) is 60.8 Å². The van der Waals surface area contributed by atoms with E-state index in [4.69, 9.17) is 28.4 Å². The molecule has 70 heavy (non-hydrogen) atoms. The lowest BCUT2D eigenvalue weighted by Gasteiger charge is -2.42. The second kappa shape index (κ2) is 41.6. The molecule has 2 fully saturated rings. The van der Waals surface area contributed by atoms with Crippen LogP contribution < -0.4 is 0 Å². The molecule has 0 spiro atoms. The van der Waals surface area contributed by atoms with Gasteiger partial charge in [0.15, 0.2) is 18.7 Å². The van der Waals surface area contributed by atoms with Crippen LogP contribution in [0.3, 0.4) is 0 Å². The van der Waals surface area contributed by atoms with E-state index < -0.39 is 99.3 Å². The summed E-state index contributed by atoms with van der Waals surface area (Å²) in [6.45, 7) is 2.48. The maximum absolute atomic E-state index is 13.0. The highest BCUT2D eigenvalue weighted by Gasteiger charge is 2.47. The van der Waals surface area contributed by atoms with Crippen molar-refractivity contribution in [2.75, 3.05) is 26.4 Å². The van der Waals surface area contributed by atoms with E-state index in [1.165, 1.54) is 70.6 Å². The number of hydrogen-bond donors (Lipinski definition) is 7. The Kier molecular flexibility index (Phi) is 37.7. The number of hydrogen-bond acceptors (Lipinski definition) is 15. The third-order valence-corrected chi connectivity index (χ3v) is 12.4. The molecule has 2 aliphatic heterocycles. The minimum Gasteiger partial charge on any atom is -0.462 e. The van der Waals surface area contributed by atoms with Gasteiger partial charge in [0, 0.05) is 12.8 Å². The van der Waals surface area contributed by atoms with Crippen LogP contribution >= 0.6 is 0 Å². The summed E-state index contributed by atoms with van der Waals surface area (Å²) >= 11 is 0. The van der Waals surface area contributed by atoms with Crippen LogP contribution in [0.25, 0.3) is 0 Å². The number of aliphatic hydroxyl groups is 7. The number of ether oxygens (including phenoxy) is 6. The Morgan fingerprint density at radius 3 is 1.43 bits per heavy atom. The smallest absolute Gasteiger partial charge is 0.306 e. The van der Waals surface area contributed by atoms with Crippen molar-refractivity contribution in [3.8, 4) is 0 Å². The number of carbonyl (C=O) groups is 2. The Balaban J connectivity index is 1.81. The first-order valence-corrected chi connectivity index (χ1v) is 26.9. The van der Waals surface area contributed by atoms with Crippen molar-refractivity contribution in [2.24, 2.45) is 0 Å². The zero-order valence-corrected chi connectivity index (χ0v) is 42.7. The third-order valence-electron chi connectivity index (χ3n) is 12.4. The molecule has 7 N–H and O–H groups in total. The zero-order valence-electron chi connectivity index (χ0n) is 42.7. The summed E-state index contributed by atoms with van der Waals surface area (Å²) in [5.41, 5.74) is 0. The Hall–Kier alpha value is -2.80. The van der Waals surface area contributed by atoms with Crippen LogP contribution in [0.5, 0.6) is 0 Å². The van der Waals surface area contributed by atoms with E-state index in [0.29, 0.717) is 12.8 Å². The Morgan fingerprint density at radius 1 is 0.457 bits per heavy atom. The van der Waals surface area contributed by atoms with Gasteiger partial charge in [0.25, 0.3) is 0 Å². The van der Waals surface area contributed by atoms with Gasteiger partial charge in [0.1, 0.15) is 55.4 Å². The highest BCUT2D eigenvalue weighted by atomic mass is 16.7. The van der Waals surface area contributed by atoms with E-state index in [-0.39, 0.29) is 19.4 Å². The lowest BCUT2D eigenvalue weighted by atomic mass is 9.98. The lowest BCUT2D eigenvalue weighted by Crippen LogP contribution is -2.61. The summed E-state index contributed by atoms with van der Waals surface area (Å²) in [4.78, 5) is 25.8. The fourth-order valence-electron chi connectivity index (χ4n) is 8.03. The van der Waals surface area contributed by atoms with Crippen molar-refractivity contribution in [3.63, 3.8) is 0 Å². The molecule has 0 bridgehead atoms. The summed E-state index contributed by atoms with van der Waals surface area (Å²) in [7, 11) is 0. The first-order chi connectivity index (χ1) is 34.0. The van der Waals surface area contributed by atoms with E-state index in [1.807, 2.05) is 0 Å². The molecule has 0 saturated carbocycles. The topological polar surface area (TPSA) is 231 Å². The van der Waals surface area contributed by atoms with Gasteiger partial charge < -0.3 is 64.2 Å². The van der Waals surface area contributed by atoms with E-state index in [9.17, 15) is 45.3 Å². The van der Waals surface area contributed by atoms with Crippen molar-refractivity contribution in [1.82, 2.24) is 0 Å². The molecule has 0 aromatic heterocycles. The molecule has 404 valence electrons. The molecule has 2 heterocycles. The van der Waals surface area contributed by atoms with E-state index in [0.717, 1.165) is 70.6 Å². The molecule has 15 nitrogen and oxygen atoms in total. The van der Waals surface area contributed by atoms with Crippen LogP contribution in [0, 0.1) is 0 Å². The van der Waals surface area contributed by atoms with Gasteiger partial charge in [-0.25, -0.2) is 0 Å². The molecule has 0 aromatic rings. The van der Waals surface area contributed by atoms with Gasteiger partial charge in [-0.2, -0.15) is 0 Å². The SMILES string of the molecule is CCC/C=C/C/C=C/C/C=C/C/C=C/CCCCCC(=O)O[C@@H](COC(=O)CCCCCCCCCCC/C=C/CCCCCC)CO[C@@H]1O[C@H](CO[C@@H]2O[C@H](CO)[C@H](O)C(O)C2O)[C@H](O)C(O)C1O. The van der Waals surface area contributed by atoms with Gasteiger partial charge in [0.2, 0.25) is 0 Å². The fourth-order valence-corrected chi connectivity index (χ4v) is 8.03. The van der Waals surface area contributed by atoms with E-state index in [1.54, 1.807) is 0 Å². The molecule has 0 radical (unpaired) electrons. The Labute approximate surface area is 420 Å². The maximum atomic E-state index is 13.0. The lowest BCUT2D eigenvalue weighted by molar-refractivity contribution is -0.332. The van der Waals surface area contributed by atoms with Crippen LogP contribution in [-0.4, -0.2) is 142 Å². The monoisotopic (exact) mass is 995 g/mol. The first-order valence-electron chi connectivity index (χ1n) is 26.9. The summed E-state index contributed by atoms with van der Waals surface area (Å²) in [5, 5.41) is 72.1. The van der Waals surface area contributed by atoms with Gasteiger partial charge in [-0.1, -0.05) is 152 Å². The molecular formula is C55H94O15. The van der Waals surface area contributed by atoms with Crippen LogP contribution in [-0.2, 0) is 38.0 Å². The second-order valence-electron chi connectivity index (χ2n) is 18.7. The largest absolute Gasteiger partial charge is 0.462 e. The summed E-state index contributed by atoms with van der Waals surface area (Å²) in [5.74, 6) is -0.965. The normalized spacial score (nSPS) is 25.8. The van der Waals surface area contributed by atoms with E-state index >= 15 is 0 Å². The molecule has 0 aliphatic carbocycles. The third kappa shape index (κ3) is 29.0. The number of allylic oxidation sites excluding steroid dienone is 10. The molecular weight excluding hydrogens is 901 g/mol. The molecule has 11 atom stereocenters. The second-order valence-corrected chi connectivity index (χ2v) is 18.7. The Bertz CT molecular complexity index is 1450.